The standard InChI is InChI=1S/C31H28FN2OPS/c1-31(2)28-11-7-8-12-29(28)34(3)30(31)22-36(37,27-9-5-4-6-10-27)35-26-19-13-23(14-20-26)21-33-25-17-15-24(32)16-18-25/h4-22H,1-3H3. The molecule has 186 valence electrons. The number of anilines is 1. The highest BCUT2D eigenvalue weighted by molar-refractivity contribution is 8.17. The van der Waals surface area contributed by atoms with Gasteiger partial charge in [0.1, 0.15) is 11.6 Å². The third-order valence-corrected chi connectivity index (χ3v) is 9.92. The van der Waals surface area contributed by atoms with Crippen molar-refractivity contribution < 1.29 is 8.91 Å². The van der Waals surface area contributed by atoms with Gasteiger partial charge in [0.25, 0.3) is 0 Å². The molecule has 1 unspecified atom stereocenters. The van der Waals surface area contributed by atoms with Crippen molar-refractivity contribution in [3.8, 4) is 5.75 Å². The van der Waals surface area contributed by atoms with Gasteiger partial charge in [0.15, 0.2) is 6.26 Å². The number of allylic oxidation sites excluding steroid dienone is 1. The fourth-order valence-corrected chi connectivity index (χ4v) is 7.70. The van der Waals surface area contributed by atoms with E-state index in [1.54, 1.807) is 18.3 Å². The lowest BCUT2D eigenvalue weighted by Gasteiger charge is -2.28. The van der Waals surface area contributed by atoms with Crippen molar-refractivity contribution in [3.05, 3.63) is 132 Å². The van der Waals surface area contributed by atoms with Crippen LogP contribution in [-0.2, 0) is 17.2 Å². The molecule has 0 fully saturated rings. The van der Waals surface area contributed by atoms with Crippen molar-refractivity contribution in [2.45, 2.75) is 19.3 Å². The number of nitrogens with zero attached hydrogens (tertiary/aromatic N) is 2. The van der Waals surface area contributed by atoms with E-state index < -0.39 is 6.26 Å². The minimum atomic E-state index is -2.61. The molecule has 0 bridgehead atoms. The second-order valence-electron chi connectivity index (χ2n) is 9.54. The molecule has 4 aromatic rings. The van der Waals surface area contributed by atoms with Crippen LogP contribution in [0.1, 0.15) is 25.0 Å². The molecule has 3 nitrogen and oxygen atoms in total. The van der Waals surface area contributed by atoms with Gasteiger partial charge in [-0.1, -0.05) is 62.4 Å². The number of fused-ring (bicyclic) bond motifs is 1. The number of halogens is 1. The highest BCUT2D eigenvalue weighted by Gasteiger charge is 2.40. The highest BCUT2D eigenvalue weighted by Crippen LogP contribution is 2.55. The van der Waals surface area contributed by atoms with E-state index in [1.165, 1.54) is 23.4 Å². The van der Waals surface area contributed by atoms with Crippen LogP contribution < -0.4 is 14.7 Å². The molecule has 0 aromatic heterocycles. The topological polar surface area (TPSA) is 24.8 Å². The second kappa shape index (κ2) is 10.1. The lowest BCUT2D eigenvalue weighted by atomic mass is 9.84. The maximum absolute atomic E-state index is 13.1. The smallest absolute Gasteiger partial charge is 0.166 e. The van der Waals surface area contributed by atoms with E-state index in [1.807, 2.05) is 42.5 Å². The number of hydrogen-bond donors (Lipinski definition) is 0. The maximum atomic E-state index is 13.1. The summed E-state index contributed by atoms with van der Waals surface area (Å²) < 4.78 is 19.8. The molecule has 5 rings (SSSR count). The SMILES string of the molecule is CN1C(=CP(=S)(Oc2ccc(C=Nc3ccc(F)cc3)cc2)c2ccccc2)C(C)(C)c2ccccc21. The molecule has 0 saturated carbocycles. The Hall–Kier alpha value is -3.53. The first kappa shape index (κ1) is 25.1. The molecule has 0 aliphatic carbocycles. The molecule has 0 N–H and O–H groups in total. The minimum Gasteiger partial charge on any atom is -0.458 e. The van der Waals surface area contributed by atoms with Gasteiger partial charge in [-0.2, -0.15) is 0 Å². The van der Waals surface area contributed by atoms with Crippen LogP contribution in [0.5, 0.6) is 5.75 Å². The summed E-state index contributed by atoms with van der Waals surface area (Å²) in [5, 5.41) is 1.000. The first-order chi connectivity index (χ1) is 17.8. The lowest BCUT2D eigenvalue weighted by Crippen LogP contribution is -2.24. The average molecular weight is 527 g/mol. The summed E-state index contributed by atoms with van der Waals surface area (Å²) in [5.74, 6) is 2.61. The number of hydrogen-bond acceptors (Lipinski definition) is 4. The van der Waals surface area contributed by atoms with Gasteiger partial charge in [0, 0.05) is 41.2 Å². The monoisotopic (exact) mass is 526 g/mol. The molecule has 6 heteroatoms. The Morgan fingerprint density at radius 2 is 1.51 bits per heavy atom. The van der Waals surface area contributed by atoms with E-state index in [2.05, 4.69) is 73.0 Å². The van der Waals surface area contributed by atoms with Crippen LogP contribution in [0.15, 0.2) is 120 Å². The van der Waals surface area contributed by atoms with E-state index in [4.69, 9.17) is 16.3 Å². The quantitative estimate of drug-likeness (QED) is 0.188. The fourth-order valence-electron chi connectivity index (χ4n) is 4.63. The Kier molecular flexibility index (Phi) is 6.85. The summed E-state index contributed by atoms with van der Waals surface area (Å²) in [5.41, 5.74) is 5.02. The molecular weight excluding hydrogens is 498 g/mol. The van der Waals surface area contributed by atoms with Gasteiger partial charge in [0.2, 0.25) is 0 Å². The summed E-state index contributed by atoms with van der Waals surface area (Å²) in [6, 6.07) is 32.4. The van der Waals surface area contributed by atoms with Gasteiger partial charge in [-0.05, 0) is 77.5 Å². The molecule has 0 saturated heterocycles. The average Bonchev–Trinajstić information content (AvgIpc) is 3.10. The number of rotatable bonds is 6. The van der Waals surface area contributed by atoms with E-state index >= 15 is 0 Å². The molecule has 4 aromatic carbocycles. The van der Waals surface area contributed by atoms with Crippen molar-refractivity contribution >= 4 is 41.0 Å². The van der Waals surface area contributed by atoms with E-state index in [0.717, 1.165) is 16.6 Å². The van der Waals surface area contributed by atoms with Gasteiger partial charge in [-0.15, -0.1) is 0 Å². The molecule has 37 heavy (non-hydrogen) atoms. The highest BCUT2D eigenvalue weighted by atomic mass is 32.4. The van der Waals surface area contributed by atoms with Crippen LogP contribution in [0.25, 0.3) is 0 Å². The number of aliphatic imine (C=N–C) groups is 1. The summed E-state index contributed by atoms with van der Waals surface area (Å²) in [6.45, 7) is 4.47. The molecule has 1 aliphatic rings. The normalized spacial score (nSPS) is 17.1. The largest absolute Gasteiger partial charge is 0.458 e. The summed E-state index contributed by atoms with van der Waals surface area (Å²) in [6.07, 6.45) is -0.862. The van der Waals surface area contributed by atoms with Crippen LogP contribution in [0.3, 0.4) is 0 Å². The summed E-state index contributed by atoms with van der Waals surface area (Å²) >= 11 is 6.34. The third kappa shape index (κ3) is 5.16. The minimum absolute atomic E-state index is 0.200. The van der Waals surface area contributed by atoms with Crippen LogP contribution in [0.4, 0.5) is 15.8 Å². The van der Waals surface area contributed by atoms with Crippen LogP contribution in [0.2, 0.25) is 0 Å². The van der Waals surface area contributed by atoms with Gasteiger partial charge in [0.05, 0.1) is 5.69 Å². The Morgan fingerprint density at radius 1 is 0.865 bits per heavy atom. The van der Waals surface area contributed by atoms with Crippen molar-refractivity contribution in [1.29, 1.82) is 0 Å². The van der Waals surface area contributed by atoms with Crippen molar-refractivity contribution in [1.82, 2.24) is 0 Å². The van der Waals surface area contributed by atoms with Crippen molar-refractivity contribution in [2.24, 2.45) is 4.99 Å². The van der Waals surface area contributed by atoms with Gasteiger partial charge >= 0.3 is 0 Å². The predicted octanol–water partition coefficient (Wildman–Crippen LogP) is 7.94. The fraction of sp³-hybridized carbons (Fsp3) is 0.129. The molecule has 0 spiro atoms. The first-order valence-corrected chi connectivity index (χ1v) is 14.9. The Morgan fingerprint density at radius 3 is 2.19 bits per heavy atom. The van der Waals surface area contributed by atoms with Crippen LogP contribution >= 0.6 is 6.26 Å². The summed E-state index contributed by atoms with van der Waals surface area (Å²) in [4.78, 5) is 6.65. The Bertz CT molecular complexity index is 1510. The zero-order chi connectivity index (χ0) is 26.0. The van der Waals surface area contributed by atoms with Crippen molar-refractivity contribution in [3.63, 3.8) is 0 Å². The molecule has 1 atom stereocenters. The maximum Gasteiger partial charge on any atom is 0.166 e. The van der Waals surface area contributed by atoms with Gasteiger partial charge < -0.3 is 9.42 Å². The molecule has 0 radical (unpaired) electrons. The van der Waals surface area contributed by atoms with E-state index in [-0.39, 0.29) is 11.2 Å². The zero-order valence-electron chi connectivity index (χ0n) is 21.0. The summed E-state index contributed by atoms with van der Waals surface area (Å²) in [7, 11) is 2.10. The second-order valence-corrected chi connectivity index (χ2v) is 13.3. The Balaban J connectivity index is 1.47. The number of likely N-dealkylation sites (N-methyl/N-ethyl adjacent to an activating group) is 1. The zero-order valence-corrected chi connectivity index (χ0v) is 22.7. The number of benzene rings is 4. The molecule has 1 heterocycles. The van der Waals surface area contributed by atoms with E-state index in [0.29, 0.717) is 11.4 Å². The lowest BCUT2D eigenvalue weighted by molar-refractivity contribution is 0.619. The van der Waals surface area contributed by atoms with Gasteiger partial charge in [-0.25, -0.2) is 4.39 Å². The van der Waals surface area contributed by atoms with Crippen molar-refractivity contribution in [2.75, 3.05) is 11.9 Å². The number of para-hydroxylation sites is 1. The van der Waals surface area contributed by atoms with Gasteiger partial charge in [-0.3, -0.25) is 4.99 Å². The van der Waals surface area contributed by atoms with Crippen LogP contribution in [-0.4, -0.2) is 13.3 Å². The molecule has 1 aliphatic heterocycles. The molecule has 0 amide bonds. The van der Waals surface area contributed by atoms with E-state index in [9.17, 15) is 4.39 Å². The molecular formula is C31H28FN2OPS. The Labute approximate surface area is 223 Å². The predicted molar refractivity (Wildman–Crippen MR) is 157 cm³/mol. The third-order valence-electron chi connectivity index (χ3n) is 6.66. The first-order valence-electron chi connectivity index (χ1n) is 12.1. The van der Waals surface area contributed by atoms with Crippen LogP contribution in [0, 0.1) is 5.82 Å².